The maximum Gasteiger partial charge on any atom is 0.0677 e. The average molecular weight is 143 g/mol. The van der Waals surface area contributed by atoms with Crippen molar-refractivity contribution in [1.82, 2.24) is 0 Å². The van der Waals surface area contributed by atoms with Crippen LogP contribution < -0.4 is 11.5 Å². The first-order valence-electron chi connectivity index (χ1n) is 2.63. The van der Waals surface area contributed by atoms with Gasteiger partial charge in [-0.25, -0.2) is 0 Å². The average Bonchev–Trinajstić information content (AvgIpc) is 2.51. The zero-order chi connectivity index (χ0) is 6.85. The molecule has 4 heteroatoms. The van der Waals surface area contributed by atoms with Gasteiger partial charge in [0.15, 0.2) is 0 Å². The minimum atomic E-state index is 0.168. The molecule has 1 aliphatic rings. The van der Waals surface area contributed by atoms with Gasteiger partial charge in [-0.3, -0.25) is 0 Å². The minimum absolute atomic E-state index is 0.168. The summed E-state index contributed by atoms with van der Waals surface area (Å²) in [6.45, 7) is 0. The fraction of sp³-hybridized carbons (Fsp3) is 0.400. The lowest BCUT2D eigenvalue weighted by Crippen LogP contribution is -2.08. The Bertz CT molecular complexity index is 154. The van der Waals surface area contributed by atoms with Crippen LogP contribution in [0.15, 0.2) is 11.8 Å². The second-order valence-corrected chi connectivity index (χ2v) is 3.16. The highest BCUT2D eigenvalue weighted by molar-refractivity contribution is 8.07. The van der Waals surface area contributed by atoms with Gasteiger partial charge >= 0.3 is 0 Å². The van der Waals surface area contributed by atoms with E-state index >= 15 is 0 Å². The first kappa shape index (κ1) is 6.64. The molecule has 1 fully saturated rings. The van der Waals surface area contributed by atoms with Crippen molar-refractivity contribution < 1.29 is 0 Å². The summed E-state index contributed by atoms with van der Waals surface area (Å²) in [5, 5.41) is 7.33. The second-order valence-electron chi connectivity index (χ2n) is 1.83. The molecular weight excluding hydrogens is 134 g/mol. The van der Waals surface area contributed by atoms with Gasteiger partial charge in [-0.1, -0.05) is 0 Å². The summed E-state index contributed by atoms with van der Waals surface area (Å²) in [6, 6.07) is 0. The number of rotatable bonds is 2. The molecular formula is C5H9N3S. The van der Waals surface area contributed by atoms with E-state index in [-0.39, 0.29) is 10.6 Å². The zero-order valence-corrected chi connectivity index (χ0v) is 5.69. The highest BCUT2D eigenvalue weighted by atomic mass is 32.2. The highest BCUT2D eigenvalue weighted by Gasteiger charge is 2.36. The van der Waals surface area contributed by atoms with Gasteiger partial charge in [-0.05, 0) is 6.20 Å². The Balaban J connectivity index is 2.51. The Morgan fingerprint density at radius 3 is 2.33 bits per heavy atom. The monoisotopic (exact) mass is 143 g/mol. The number of nitrogens with one attached hydrogen (secondary N) is 1. The van der Waals surface area contributed by atoms with Gasteiger partial charge in [-0.2, -0.15) is 0 Å². The Morgan fingerprint density at radius 2 is 2.22 bits per heavy atom. The number of hydrogen-bond donors (Lipinski definition) is 3. The summed E-state index contributed by atoms with van der Waals surface area (Å²) in [5.41, 5.74) is 11.5. The van der Waals surface area contributed by atoms with Crippen molar-refractivity contribution in [1.29, 1.82) is 5.41 Å². The summed E-state index contributed by atoms with van der Waals surface area (Å²) < 4.78 is 0. The summed E-state index contributed by atoms with van der Waals surface area (Å²) >= 11 is 1.63. The molecule has 0 amide bonds. The molecule has 0 spiro atoms. The lowest BCUT2D eigenvalue weighted by Gasteiger charge is -1.90. The first-order valence-corrected chi connectivity index (χ1v) is 3.57. The van der Waals surface area contributed by atoms with Gasteiger partial charge in [0.1, 0.15) is 0 Å². The van der Waals surface area contributed by atoms with Crippen LogP contribution in [-0.4, -0.2) is 16.8 Å². The number of thioether (sulfide) groups is 1. The lowest BCUT2D eigenvalue weighted by molar-refractivity contribution is 1.04. The summed E-state index contributed by atoms with van der Waals surface area (Å²) in [6.07, 6.45) is 2.70. The third-order valence-corrected chi connectivity index (χ3v) is 2.34. The summed E-state index contributed by atoms with van der Waals surface area (Å²) in [7, 11) is 0. The molecule has 1 heterocycles. The molecule has 9 heavy (non-hydrogen) atoms. The highest BCUT2D eigenvalue weighted by Crippen LogP contribution is 2.41. The molecule has 0 radical (unpaired) electrons. The van der Waals surface area contributed by atoms with Crippen LogP contribution >= 0.6 is 11.8 Å². The van der Waals surface area contributed by atoms with Crippen LogP contribution in [-0.2, 0) is 0 Å². The predicted octanol–water partition coefficient (Wildman–Crippen LogP) is -0.121. The van der Waals surface area contributed by atoms with Crippen LogP contribution in [0.2, 0.25) is 0 Å². The normalized spacial score (nSPS) is 34.1. The molecule has 1 saturated heterocycles. The van der Waals surface area contributed by atoms with Gasteiger partial charge in [0, 0.05) is 11.8 Å². The van der Waals surface area contributed by atoms with Crippen LogP contribution in [0.1, 0.15) is 0 Å². The molecule has 1 aliphatic heterocycles. The van der Waals surface area contributed by atoms with Gasteiger partial charge < -0.3 is 16.9 Å². The maximum atomic E-state index is 6.88. The van der Waals surface area contributed by atoms with E-state index in [0.29, 0.717) is 0 Å². The van der Waals surface area contributed by atoms with Crippen LogP contribution in [0.5, 0.6) is 0 Å². The maximum absolute atomic E-state index is 6.88. The summed E-state index contributed by atoms with van der Waals surface area (Å²) in [5.74, 6) is 0. The fourth-order valence-electron chi connectivity index (χ4n) is 0.617. The SMILES string of the molecule is N=C/C(=C\N)[C@H]1SC1N. The third-order valence-electron chi connectivity index (χ3n) is 1.21. The van der Waals surface area contributed by atoms with E-state index < -0.39 is 0 Å². The van der Waals surface area contributed by atoms with Crippen molar-refractivity contribution in [2.24, 2.45) is 11.5 Å². The van der Waals surface area contributed by atoms with Gasteiger partial charge in [0.2, 0.25) is 0 Å². The third kappa shape index (κ3) is 1.25. The van der Waals surface area contributed by atoms with E-state index in [9.17, 15) is 0 Å². The standard InChI is InChI=1S/C5H9N3S/c6-1-3(2-7)4-5(8)9-4/h1-2,4-6H,7-8H2/b3-2+,6-1?/t4-,5?/m1/s1. The number of nitrogens with two attached hydrogens (primary N) is 2. The molecule has 3 nitrogen and oxygen atoms in total. The largest absolute Gasteiger partial charge is 0.404 e. The van der Waals surface area contributed by atoms with E-state index in [1.807, 2.05) is 0 Å². The van der Waals surface area contributed by atoms with Crippen molar-refractivity contribution in [3.05, 3.63) is 11.8 Å². The molecule has 0 saturated carbocycles. The van der Waals surface area contributed by atoms with Crippen molar-refractivity contribution >= 4 is 18.0 Å². The van der Waals surface area contributed by atoms with E-state index in [1.54, 1.807) is 11.8 Å². The predicted molar refractivity (Wildman–Crippen MR) is 40.4 cm³/mol. The molecule has 1 unspecified atom stereocenters. The summed E-state index contributed by atoms with van der Waals surface area (Å²) in [4.78, 5) is 0. The van der Waals surface area contributed by atoms with Crippen LogP contribution in [0.25, 0.3) is 0 Å². The minimum Gasteiger partial charge on any atom is -0.404 e. The van der Waals surface area contributed by atoms with Crippen molar-refractivity contribution in [3.8, 4) is 0 Å². The van der Waals surface area contributed by atoms with E-state index in [2.05, 4.69) is 0 Å². The Labute approximate surface area is 58.0 Å². The van der Waals surface area contributed by atoms with Crippen LogP contribution in [0.4, 0.5) is 0 Å². The second kappa shape index (κ2) is 2.41. The molecule has 0 aromatic carbocycles. The molecule has 50 valence electrons. The Kier molecular flexibility index (Phi) is 1.78. The molecule has 1 rings (SSSR count). The zero-order valence-electron chi connectivity index (χ0n) is 4.87. The quantitative estimate of drug-likeness (QED) is 0.372. The lowest BCUT2D eigenvalue weighted by atomic mass is 10.2. The molecule has 5 N–H and O–H groups in total. The first-order chi connectivity index (χ1) is 4.29. The van der Waals surface area contributed by atoms with Crippen molar-refractivity contribution in [2.45, 2.75) is 10.6 Å². The van der Waals surface area contributed by atoms with Gasteiger partial charge in [-0.15, -0.1) is 11.8 Å². The molecule has 2 atom stereocenters. The number of hydrogen-bond acceptors (Lipinski definition) is 4. The molecule has 0 bridgehead atoms. The van der Waals surface area contributed by atoms with Crippen molar-refractivity contribution in [2.75, 3.05) is 0 Å². The van der Waals surface area contributed by atoms with Gasteiger partial charge in [0.25, 0.3) is 0 Å². The van der Waals surface area contributed by atoms with Crippen LogP contribution in [0.3, 0.4) is 0 Å². The topological polar surface area (TPSA) is 75.9 Å². The van der Waals surface area contributed by atoms with Crippen LogP contribution in [0, 0.1) is 5.41 Å². The van der Waals surface area contributed by atoms with E-state index in [1.165, 1.54) is 12.4 Å². The molecule has 0 aromatic rings. The smallest absolute Gasteiger partial charge is 0.0677 e. The van der Waals surface area contributed by atoms with E-state index in [0.717, 1.165) is 5.57 Å². The van der Waals surface area contributed by atoms with Gasteiger partial charge in [0.05, 0.1) is 10.6 Å². The van der Waals surface area contributed by atoms with E-state index in [4.69, 9.17) is 16.9 Å². The Morgan fingerprint density at radius 1 is 1.67 bits per heavy atom. The molecule has 0 aromatic heterocycles. The fourth-order valence-corrected chi connectivity index (χ4v) is 1.33. The Hall–Kier alpha value is -0.480. The molecule has 0 aliphatic carbocycles. The van der Waals surface area contributed by atoms with Crippen molar-refractivity contribution in [3.63, 3.8) is 0 Å².